The summed E-state index contributed by atoms with van der Waals surface area (Å²) in [4.78, 5) is 30.3. The van der Waals surface area contributed by atoms with Crippen LogP contribution in [-0.2, 0) is 11.3 Å². The maximum atomic E-state index is 11.9. The van der Waals surface area contributed by atoms with Crippen LogP contribution >= 0.6 is 11.3 Å². The van der Waals surface area contributed by atoms with Gasteiger partial charge < -0.3 is 15.5 Å². The number of nitrogens with one attached hydrogen (secondary N) is 2. The van der Waals surface area contributed by atoms with Gasteiger partial charge in [-0.3, -0.25) is 9.59 Å². The van der Waals surface area contributed by atoms with Crippen molar-refractivity contribution in [2.45, 2.75) is 32.2 Å². The van der Waals surface area contributed by atoms with E-state index in [0.29, 0.717) is 23.7 Å². The van der Waals surface area contributed by atoms with Gasteiger partial charge in [0.15, 0.2) is 5.13 Å². The molecule has 1 aromatic carbocycles. The Labute approximate surface area is 158 Å². The summed E-state index contributed by atoms with van der Waals surface area (Å²) in [5.41, 5.74) is 1.63. The molecule has 1 aromatic heterocycles. The third kappa shape index (κ3) is 7.33. The molecule has 0 atom stereocenters. The fraction of sp³-hybridized carbons (Fsp3) is 0.421. The summed E-state index contributed by atoms with van der Waals surface area (Å²) in [6.45, 7) is 1.39. The van der Waals surface area contributed by atoms with Crippen LogP contribution in [0, 0.1) is 0 Å². The van der Waals surface area contributed by atoms with Crippen LogP contribution in [0.2, 0.25) is 0 Å². The normalized spacial score (nSPS) is 10.7. The first-order valence-corrected chi connectivity index (χ1v) is 9.65. The minimum absolute atomic E-state index is 0.0101. The number of unbranched alkanes of at least 4 members (excludes halogenated alkanes) is 2. The Balaban J connectivity index is 1.56. The van der Waals surface area contributed by atoms with Crippen molar-refractivity contribution in [2.24, 2.45) is 0 Å². The molecule has 7 heteroatoms. The second-order valence-corrected chi connectivity index (χ2v) is 7.22. The van der Waals surface area contributed by atoms with E-state index < -0.39 is 0 Å². The lowest BCUT2D eigenvalue weighted by molar-refractivity contribution is -0.116. The average Bonchev–Trinajstić information content (AvgIpc) is 3.04. The summed E-state index contributed by atoms with van der Waals surface area (Å²) in [6.07, 6.45) is 3.01. The van der Waals surface area contributed by atoms with Gasteiger partial charge >= 0.3 is 0 Å². The van der Waals surface area contributed by atoms with E-state index in [4.69, 9.17) is 0 Å². The second kappa shape index (κ2) is 10.7. The van der Waals surface area contributed by atoms with Gasteiger partial charge in [-0.2, -0.15) is 0 Å². The lowest BCUT2D eigenvalue weighted by Crippen LogP contribution is -2.24. The number of carbonyl (C=O) groups is 2. The number of amides is 2. The summed E-state index contributed by atoms with van der Waals surface area (Å²) in [5, 5.41) is 8.36. The Morgan fingerprint density at radius 2 is 1.88 bits per heavy atom. The van der Waals surface area contributed by atoms with Crippen LogP contribution in [0.5, 0.6) is 0 Å². The van der Waals surface area contributed by atoms with Crippen molar-refractivity contribution in [1.82, 2.24) is 15.2 Å². The molecule has 0 aliphatic carbocycles. The summed E-state index contributed by atoms with van der Waals surface area (Å²) >= 11 is 1.45. The van der Waals surface area contributed by atoms with Gasteiger partial charge in [0.2, 0.25) is 5.91 Å². The second-order valence-electron chi connectivity index (χ2n) is 6.36. The van der Waals surface area contributed by atoms with E-state index in [0.717, 1.165) is 31.5 Å². The first kappa shape index (κ1) is 20.1. The predicted molar refractivity (Wildman–Crippen MR) is 105 cm³/mol. The molecule has 2 aromatic rings. The van der Waals surface area contributed by atoms with Gasteiger partial charge in [-0.25, -0.2) is 4.98 Å². The standard InChI is InChI=1S/C19H26N4O2S/c1-23(2)13-16-14-26-19(21-16)22-17(24)11-7-4-8-12-20-18(25)15-9-5-3-6-10-15/h3,5-6,9-10,14H,4,7-8,11-13H2,1-2H3,(H,20,25)(H,21,22,24). The van der Waals surface area contributed by atoms with E-state index in [9.17, 15) is 9.59 Å². The zero-order valence-corrected chi connectivity index (χ0v) is 16.1. The number of hydrogen-bond donors (Lipinski definition) is 2. The average molecular weight is 375 g/mol. The van der Waals surface area contributed by atoms with Crippen molar-refractivity contribution in [1.29, 1.82) is 0 Å². The smallest absolute Gasteiger partial charge is 0.251 e. The Kier molecular flexibility index (Phi) is 8.24. The molecule has 0 radical (unpaired) electrons. The van der Waals surface area contributed by atoms with Crippen LogP contribution in [0.4, 0.5) is 5.13 Å². The van der Waals surface area contributed by atoms with Crippen molar-refractivity contribution in [2.75, 3.05) is 26.0 Å². The van der Waals surface area contributed by atoms with Crippen LogP contribution in [0.3, 0.4) is 0 Å². The van der Waals surface area contributed by atoms with E-state index in [2.05, 4.69) is 15.6 Å². The largest absolute Gasteiger partial charge is 0.352 e. The Hall–Kier alpha value is -2.25. The molecule has 0 aliphatic rings. The number of aromatic nitrogens is 1. The first-order valence-electron chi connectivity index (χ1n) is 8.77. The van der Waals surface area contributed by atoms with Crippen LogP contribution < -0.4 is 10.6 Å². The zero-order chi connectivity index (χ0) is 18.8. The first-order chi connectivity index (χ1) is 12.5. The van der Waals surface area contributed by atoms with E-state index in [-0.39, 0.29) is 11.8 Å². The third-order valence-electron chi connectivity index (χ3n) is 3.68. The highest BCUT2D eigenvalue weighted by Crippen LogP contribution is 2.16. The molecular formula is C19H26N4O2S. The van der Waals surface area contributed by atoms with Crippen molar-refractivity contribution >= 4 is 28.3 Å². The van der Waals surface area contributed by atoms with Gasteiger partial charge in [0.25, 0.3) is 5.91 Å². The fourth-order valence-corrected chi connectivity index (χ4v) is 3.14. The number of benzene rings is 1. The molecule has 0 spiro atoms. The molecule has 0 bridgehead atoms. The molecule has 0 saturated heterocycles. The molecule has 0 saturated carbocycles. The van der Waals surface area contributed by atoms with Crippen LogP contribution in [0.15, 0.2) is 35.7 Å². The van der Waals surface area contributed by atoms with Gasteiger partial charge in [-0.15, -0.1) is 11.3 Å². The van der Waals surface area contributed by atoms with Crippen molar-refractivity contribution in [3.05, 3.63) is 47.0 Å². The van der Waals surface area contributed by atoms with Crippen LogP contribution in [0.25, 0.3) is 0 Å². The monoisotopic (exact) mass is 374 g/mol. The number of anilines is 1. The van der Waals surface area contributed by atoms with Crippen molar-refractivity contribution < 1.29 is 9.59 Å². The minimum Gasteiger partial charge on any atom is -0.352 e. The molecule has 6 nitrogen and oxygen atoms in total. The molecule has 2 N–H and O–H groups in total. The van der Waals surface area contributed by atoms with Gasteiger partial charge in [-0.05, 0) is 39.1 Å². The summed E-state index contributed by atoms with van der Waals surface area (Å²) in [6, 6.07) is 9.17. The molecular weight excluding hydrogens is 348 g/mol. The molecule has 0 aliphatic heterocycles. The van der Waals surface area contributed by atoms with Crippen molar-refractivity contribution in [3.8, 4) is 0 Å². The molecule has 26 heavy (non-hydrogen) atoms. The lowest BCUT2D eigenvalue weighted by Gasteiger charge is -2.06. The van der Waals surface area contributed by atoms with E-state index in [1.165, 1.54) is 11.3 Å². The summed E-state index contributed by atoms with van der Waals surface area (Å²) < 4.78 is 0. The number of thiazole rings is 1. The highest BCUT2D eigenvalue weighted by Gasteiger charge is 2.07. The number of hydrogen-bond acceptors (Lipinski definition) is 5. The van der Waals surface area contributed by atoms with Gasteiger partial charge in [0, 0.05) is 30.5 Å². The minimum atomic E-state index is -0.0550. The summed E-state index contributed by atoms with van der Waals surface area (Å²) in [7, 11) is 3.97. The topological polar surface area (TPSA) is 74.3 Å². The van der Waals surface area contributed by atoms with Crippen LogP contribution in [-0.4, -0.2) is 42.3 Å². The molecule has 1 heterocycles. The van der Waals surface area contributed by atoms with E-state index in [1.54, 1.807) is 12.1 Å². The molecule has 0 fully saturated rings. The Bertz CT molecular complexity index is 701. The predicted octanol–water partition coefficient (Wildman–Crippen LogP) is 3.13. The van der Waals surface area contributed by atoms with Gasteiger partial charge in [0.1, 0.15) is 0 Å². The Morgan fingerprint density at radius 1 is 1.12 bits per heavy atom. The SMILES string of the molecule is CN(C)Cc1csc(NC(=O)CCCCCNC(=O)c2ccccc2)n1. The highest BCUT2D eigenvalue weighted by molar-refractivity contribution is 7.13. The van der Waals surface area contributed by atoms with Crippen molar-refractivity contribution in [3.63, 3.8) is 0 Å². The highest BCUT2D eigenvalue weighted by atomic mass is 32.1. The molecule has 2 amide bonds. The van der Waals surface area contributed by atoms with Crippen LogP contribution in [0.1, 0.15) is 41.7 Å². The molecule has 140 valence electrons. The number of nitrogens with zero attached hydrogens (tertiary/aromatic N) is 2. The third-order valence-corrected chi connectivity index (χ3v) is 4.49. The van der Waals surface area contributed by atoms with Gasteiger partial charge in [-0.1, -0.05) is 24.6 Å². The van der Waals surface area contributed by atoms with E-state index in [1.807, 2.05) is 42.6 Å². The lowest BCUT2D eigenvalue weighted by atomic mass is 10.1. The zero-order valence-electron chi connectivity index (χ0n) is 15.3. The van der Waals surface area contributed by atoms with E-state index >= 15 is 0 Å². The number of carbonyl (C=O) groups excluding carboxylic acids is 2. The quantitative estimate of drug-likeness (QED) is 0.627. The molecule has 2 rings (SSSR count). The number of rotatable bonds is 10. The molecule has 0 unspecified atom stereocenters. The maximum absolute atomic E-state index is 11.9. The fourth-order valence-electron chi connectivity index (χ4n) is 2.42. The maximum Gasteiger partial charge on any atom is 0.251 e. The Morgan fingerprint density at radius 3 is 2.62 bits per heavy atom. The summed E-state index contributed by atoms with van der Waals surface area (Å²) in [5.74, 6) is -0.0651. The van der Waals surface area contributed by atoms with Gasteiger partial charge in [0.05, 0.1) is 5.69 Å².